The van der Waals surface area contributed by atoms with Crippen LogP contribution in [-0.2, 0) is 4.79 Å². The van der Waals surface area contributed by atoms with E-state index in [1.54, 1.807) is 6.92 Å². The van der Waals surface area contributed by atoms with E-state index in [2.05, 4.69) is 29.3 Å². The van der Waals surface area contributed by atoms with Gasteiger partial charge in [0.05, 0.1) is 0 Å². The molecule has 1 saturated heterocycles. The molecule has 104 valence electrons. The van der Waals surface area contributed by atoms with Crippen molar-refractivity contribution in [3.63, 3.8) is 0 Å². The van der Waals surface area contributed by atoms with Crippen molar-refractivity contribution in [1.82, 2.24) is 4.90 Å². The van der Waals surface area contributed by atoms with E-state index < -0.39 is 0 Å². The second kappa shape index (κ2) is 6.71. The Balaban J connectivity index is 1.97. The molecule has 1 aliphatic heterocycles. The van der Waals surface area contributed by atoms with Crippen LogP contribution in [0.25, 0.3) is 0 Å². The molecule has 0 bridgehead atoms. The Morgan fingerprint density at radius 3 is 2.74 bits per heavy atom. The smallest absolute Gasteiger partial charge is 0.221 e. The lowest BCUT2D eigenvalue weighted by Crippen LogP contribution is -2.33. The fourth-order valence-electron chi connectivity index (χ4n) is 2.88. The number of hydrogen-bond acceptors (Lipinski definition) is 2. The van der Waals surface area contributed by atoms with E-state index in [-0.39, 0.29) is 5.91 Å². The van der Waals surface area contributed by atoms with Gasteiger partial charge in [-0.3, -0.25) is 4.79 Å². The molecule has 2 rings (SSSR count). The highest BCUT2D eigenvalue weighted by atomic mass is 16.1. The van der Waals surface area contributed by atoms with Crippen LogP contribution in [0.1, 0.15) is 44.6 Å². The van der Waals surface area contributed by atoms with Crippen molar-refractivity contribution >= 4 is 11.6 Å². The average molecular weight is 260 g/mol. The summed E-state index contributed by atoms with van der Waals surface area (Å²) in [6.07, 6.45) is 3.69. The Bertz CT molecular complexity index is 423. The molecule has 1 aliphatic rings. The number of piperidine rings is 1. The highest BCUT2D eigenvalue weighted by Crippen LogP contribution is 2.29. The molecular formula is C16H24N2O. The summed E-state index contributed by atoms with van der Waals surface area (Å²) in [6, 6.07) is 8.31. The van der Waals surface area contributed by atoms with Gasteiger partial charge < -0.3 is 10.2 Å². The normalized spacial score (nSPS) is 17.4. The van der Waals surface area contributed by atoms with Gasteiger partial charge in [0, 0.05) is 12.6 Å². The van der Waals surface area contributed by atoms with E-state index in [1.165, 1.54) is 44.5 Å². The lowest BCUT2D eigenvalue weighted by Gasteiger charge is -2.32. The molecule has 0 aromatic heterocycles. The Morgan fingerprint density at radius 1 is 1.37 bits per heavy atom. The zero-order chi connectivity index (χ0) is 13.7. The summed E-state index contributed by atoms with van der Waals surface area (Å²) >= 11 is 0. The minimum atomic E-state index is -0.00471. The van der Waals surface area contributed by atoms with Crippen LogP contribution in [0.15, 0.2) is 24.3 Å². The molecule has 1 heterocycles. The van der Waals surface area contributed by atoms with E-state index in [0.29, 0.717) is 5.92 Å². The first-order valence-electron chi connectivity index (χ1n) is 7.29. The van der Waals surface area contributed by atoms with Crippen molar-refractivity contribution in [2.75, 3.05) is 25.0 Å². The summed E-state index contributed by atoms with van der Waals surface area (Å²) in [6.45, 7) is 7.41. The highest BCUT2D eigenvalue weighted by Gasteiger charge is 2.20. The Hall–Kier alpha value is -1.35. The molecule has 3 heteroatoms. The average Bonchev–Trinajstić information content (AvgIpc) is 2.39. The standard InChI is InChI=1S/C16H24N2O/c1-3-9-18-10-7-14(8-11-18)15-5-4-6-16(12-15)17-13(2)19/h4-6,12,14H,3,7-11H2,1-2H3,(H,17,19). The first-order chi connectivity index (χ1) is 9.19. The molecule has 3 nitrogen and oxygen atoms in total. The van der Waals surface area contributed by atoms with Crippen LogP contribution in [0.2, 0.25) is 0 Å². The summed E-state index contributed by atoms with van der Waals surface area (Å²) in [5, 5.41) is 2.86. The third kappa shape index (κ3) is 4.06. The van der Waals surface area contributed by atoms with Gasteiger partial charge >= 0.3 is 0 Å². The van der Waals surface area contributed by atoms with Gasteiger partial charge in [-0.15, -0.1) is 0 Å². The van der Waals surface area contributed by atoms with Gasteiger partial charge in [-0.05, 0) is 62.5 Å². The first kappa shape index (κ1) is 14.1. The molecule has 0 aliphatic carbocycles. The topological polar surface area (TPSA) is 32.3 Å². The van der Waals surface area contributed by atoms with Crippen molar-refractivity contribution < 1.29 is 4.79 Å². The summed E-state index contributed by atoms with van der Waals surface area (Å²) in [4.78, 5) is 13.6. The predicted octanol–water partition coefficient (Wildman–Crippen LogP) is 3.23. The van der Waals surface area contributed by atoms with Crippen molar-refractivity contribution in [3.8, 4) is 0 Å². The SMILES string of the molecule is CCCN1CCC(c2cccc(NC(C)=O)c2)CC1. The fourth-order valence-corrected chi connectivity index (χ4v) is 2.88. The third-order valence-corrected chi connectivity index (χ3v) is 3.81. The number of rotatable bonds is 4. The van der Waals surface area contributed by atoms with E-state index >= 15 is 0 Å². The summed E-state index contributed by atoms with van der Waals surface area (Å²) in [5.74, 6) is 0.636. The number of nitrogens with one attached hydrogen (secondary N) is 1. The summed E-state index contributed by atoms with van der Waals surface area (Å²) in [5.41, 5.74) is 2.28. The summed E-state index contributed by atoms with van der Waals surface area (Å²) < 4.78 is 0. The Labute approximate surface area is 116 Å². The molecule has 0 saturated carbocycles. The lowest BCUT2D eigenvalue weighted by molar-refractivity contribution is -0.114. The van der Waals surface area contributed by atoms with Crippen LogP contribution in [0.4, 0.5) is 5.69 Å². The van der Waals surface area contributed by atoms with Gasteiger partial charge in [-0.25, -0.2) is 0 Å². The number of hydrogen-bond donors (Lipinski definition) is 1. The minimum Gasteiger partial charge on any atom is -0.326 e. The number of benzene rings is 1. The largest absolute Gasteiger partial charge is 0.326 e. The van der Waals surface area contributed by atoms with E-state index in [0.717, 1.165) is 5.69 Å². The molecule has 0 atom stereocenters. The number of carbonyl (C=O) groups is 1. The second-order valence-electron chi connectivity index (χ2n) is 5.42. The monoisotopic (exact) mass is 260 g/mol. The van der Waals surface area contributed by atoms with Crippen molar-refractivity contribution in [2.45, 2.75) is 39.0 Å². The van der Waals surface area contributed by atoms with Crippen LogP contribution >= 0.6 is 0 Å². The molecule has 1 fully saturated rings. The van der Waals surface area contributed by atoms with Gasteiger partial charge in [0.25, 0.3) is 0 Å². The van der Waals surface area contributed by atoms with Gasteiger partial charge in [0.15, 0.2) is 0 Å². The zero-order valence-corrected chi connectivity index (χ0v) is 12.0. The van der Waals surface area contributed by atoms with Gasteiger partial charge in [-0.2, -0.15) is 0 Å². The van der Waals surface area contributed by atoms with Crippen molar-refractivity contribution in [1.29, 1.82) is 0 Å². The first-order valence-corrected chi connectivity index (χ1v) is 7.29. The van der Waals surface area contributed by atoms with Crippen LogP contribution in [0, 0.1) is 0 Å². The minimum absolute atomic E-state index is 0.00471. The maximum Gasteiger partial charge on any atom is 0.221 e. The number of amides is 1. The van der Waals surface area contributed by atoms with Crippen molar-refractivity contribution in [2.24, 2.45) is 0 Å². The molecule has 0 radical (unpaired) electrons. The quantitative estimate of drug-likeness (QED) is 0.901. The fraction of sp³-hybridized carbons (Fsp3) is 0.562. The van der Waals surface area contributed by atoms with Crippen molar-refractivity contribution in [3.05, 3.63) is 29.8 Å². The van der Waals surface area contributed by atoms with E-state index in [1.807, 2.05) is 12.1 Å². The third-order valence-electron chi connectivity index (χ3n) is 3.81. The van der Waals surface area contributed by atoms with E-state index in [4.69, 9.17) is 0 Å². The molecule has 19 heavy (non-hydrogen) atoms. The van der Waals surface area contributed by atoms with Gasteiger partial charge in [-0.1, -0.05) is 19.1 Å². The second-order valence-corrected chi connectivity index (χ2v) is 5.42. The molecular weight excluding hydrogens is 236 g/mol. The number of anilines is 1. The maximum atomic E-state index is 11.1. The van der Waals surface area contributed by atoms with Crippen LogP contribution in [-0.4, -0.2) is 30.4 Å². The molecule has 0 unspecified atom stereocenters. The number of likely N-dealkylation sites (tertiary alicyclic amines) is 1. The Kier molecular flexibility index (Phi) is 4.97. The molecule has 0 spiro atoms. The van der Waals surface area contributed by atoms with Crippen LogP contribution in [0.3, 0.4) is 0 Å². The Morgan fingerprint density at radius 2 is 2.11 bits per heavy atom. The molecule has 1 amide bonds. The molecule has 1 aromatic carbocycles. The zero-order valence-electron chi connectivity index (χ0n) is 12.0. The highest BCUT2D eigenvalue weighted by molar-refractivity contribution is 5.88. The molecule has 1 aromatic rings. The lowest BCUT2D eigenvalue weighted by atomic mass is 9.89. The predicted molar refractivity (Wildman–Crippen MR) is 79.5 cm³/mol. The van der Waals surface area contributed by atoms with Gasteiger partial charge in [0.1, 0.15) is 0 Å². The molecule has 1 N–H and O–H groups in total. The van der Waals surface area contributed by atoms with Gasteiger partial charge in [0.2, 0.25) is 5.91 Å². The van der Waals surface area contributed by atoms with Crippen LogP contribution in [0.5, 0.6) is 0 Å². The maximum absolute atomic E-state index is 11.1. The number of nitrogens with zero attached hydrogens (tertiary/aromatic N) is 1. The summed E-state index contributed by atoms with van der Waals surface area (Å²) in [7, 11) is 0. The number of carbonyl (C=O) groups excluding carboxylic acids is 1. The van der Waals surface area contributed by atoms with E-state index in [9.17, 15) is 4.79 Å². The van der Waals surface area contributed by atoms with Crippen LogP contribution < -0.4 is 5.32 Å².